The summed E-state index contributed by atoms with van der Waals surface area (Å²) in [5.41, 5.74) is 2.05. The molecule has 0 radical (unpaired) electrons. The Balaban J connectivity index is 1.37. The van der Waals surface area contributed by atoms with Crippen LogP contribution in [0.4, 0.5) is 0 Å². The Morgan fingerprint density at radius 3 is 2.14 bits per heavy atom. The molecule has 8 heteroatoms. The second kappa shape index (κ2) is 10.6. The molecule has 1 N–H and O–H groups in total. The Morgan fingerprint density at radius 1 is 0.944 bits per heavy atom. The van der Waals surface area contributed by atoms with Crippen LogP contribution in [0.5, 0.6) is 11.5 Å². The van der Waals surface area contributed by atoms with Crippen molar-refractivity contribution < 1.29 is 23.8 Å². The lowest BCUT2D eigenvalue weighted by atomic mass is 10.0. The molecule has 0 unspecified atom stereocenters. The smallest absolute Gasteiger partial charge is 0.347 e. The maximum Gasteiger partial charge on any atom is 0.347 e. The third-order valence-corrected chi connectivity index (χ3v) is 6.23. The van der Waals surface area contributed by atoms with Crippen LogP contribution < -0.4 is 9.47 Å². The number of aryl methyl sites for hydroxylation is 1. The van der Waals surface area contributed by atoms with Gasteiger partial charge in [0.15, 0.2) is 5.60 Å². The highest BCUT2D eigenvalue weighted by atomic mass is 35.5. The van der Waals surface area contributed by atoms with E-state index in [-0.39, 0.29) is 0 Å². The maximum absolute atomic E-state index is 11.2. The Hall–Kier alpha value is -3.48. The summed E-state index contributed by atoms with van der Waals surface area (Å²) in [6, 6.07) is 20.0. The van der Waals surface area contributed by atoms with Gasteiger partial charge in [-0.05, 0) is 74.9 Å². The van der Waals surface area contributed by atoms with Gasteiger partial charge in [0.1, 0.15) is 17.3 Å². The molecule has 6 nitrogen and oxygen atoms in total. The van der Waals surface area contributed by atoms with Crippen molar-refractivity contribution in [3.63, 3.8) is 0 Å². The van der Waals surface area contributed by atoms with Crippen molar-refractivity contribution in [3.8, 4) is 34.1 Å². The number of nitrogens with zero attached hydrogens (tertiary/aromatic N) is 1. The van der Waals surface area contributed by atoms with E-state index in [0.29, 0.717) is 40.5 Å². The van der Waals surface area contributed by atoms with E-state index in [1.165, 1.54) is 13.8 Å². The van der Waals surface area contributed by atoms with E-state index in [2.05, 4.69) is 4.98 Å². The van der Waals surface area contributed by atoms with E-state index in [1.54, 1.807) is 24.3 Å². The minimum absolute atomic E-state index is 0.400. The van der Waals surface area contributed by atoms with Crippen molar-refractivity contribution in [2.75, 3.05) is 6.61 Å². The van der Waals surface area contributed by atoms with Crippen molar-refractivity contribution in [2.45, 2.75) is 32.8 Å². The number of carboxylic acids is 1. The lowest BCUT2D eigenvalue weighted by Crippen LogP contribution is -2.37. The summed E-state index contributed by atoms with van der Waals surface area (Å²) in [5, 5.41) is 10.4. The van der Waals surface area contributed by atoms with Gasteiger partial charge in [-0.1, -0.05) is 41.4 Å². The number of aromatic nitrogens is 1. The van der Waals surface area contributed by atoms with E-state index >= 15 is 0 Å². The van der Waals surface area contributed by atoms with E-state index in [9.17, 15) is 9.90 Å². The van der Waals surface area contributed by atoms with E-state index in [0.717, 1.165) is 28.1 Å². The Labute approximate surface area is 219 Å². The molecule has 0 fully saturated rings. The highest BCUT2D eigenvalue weighted by molar-refractivity contribution is 6.39. The van der Waals surface area contributed by atoms with Crippen molar-refractivity contribution in [2.24, 2.45) is 0 Å². The molecular weight excluding hydrogens is 501 g/mol. The van der Waals surface area contributed by atoms with Gasteiger partial charge in [0.05, 0.1) is 12.3 Å². The van der Waals surface area contributed by atoms with Crippen LogP contribution in [0.25, 0.3) is 22.6 Å². The number of aliphatic carboxylic acids is 1. The Bertz CT molecular complexity index is 1340. The molecule has 0 aliphatic heterocycles. The first kappa shape index (κ1) is 25.6. The zero-order valence-corrected chi connectivity index (χ0v) is 21.6. The summed E-state index contributed by atoms with van der Waals surface area (Å²) in [6.07, 6.45) is 0.562. The molecule has 0 aliphatic rings. The number of benzene rings is 3. The number of oxazole rings is 1. The highest BCUT2D eigenvalue weighted by Crippen LogP contribution is 2.35. The molecule has 4 rings (SSSR count). The van der Waals surface area contributed by atoms with Gasteiger partial charge in [0.25, 0.3) is 0 Å². The van der Waals surface area contributed by atoms with Crippen LogP contribution in [0.15, 0.2) is 71.1 Å². The molecule has 0 amide bonds. The minimum atomic E-state index is -1.31. The molecule has 186 valence electrons. The molecule has 3 aromatic carbocycles. The zero-order chi connectivity index (χ0) is 25.9. The molecule has 0 atom stereocenters. The number of carboxylic acid groups (broad SMARTS) is 1. The molecule has 0 aliphatic carbocycles. The van der Waals surface area contributed by atoms with Crippen LogP contribution >= 0.6 is 23.2 Å². The fourth-order valence-corrected chi connectivity index (χ4v) is 4.16. The van der Waals surface area contributed by atoms with Gasteiger partial charge < -0.3 is 19.0 Å². The van der Waals surface area contributed by atoms with Crippen LogP contribution in [0, 0.1) is 6.92 Å². The predicted molar refractivity (Wildman–Crippen MR) is 140 cm³/mol. The maximum atomic E-state index is 11.2. The van der Waals surface area contributed by atoms with Gasteiger partial charge in [0.2, 0.25) is 5.89 Å². The molecule has 0 spiro atoms. The first-order chi connectivity index (χ1) is 17.1. The molecular formula is C28H25Cl2NO5. The molecule has 0 saturated carbocycles. The second-order valence-electron chi connectivity index (χ2n) is 8.68. The molecule has 0 saturated heterocycles. The number of rotatable bonds is 9. The molecule has 36 heavy (non-hydrogen) atoms. The van der Waals surface area contributed by atoms with E-state index in [1.807, 2.05) is 49.4 Å². The lowest BCUT2D eigenvalue weighted by Gasteiger charge is -2.21. The monoisotopic (exact) mass is 525 g/mol. The van der Waals surface area contributed by atoms with Crippen molar-refractivity contribution >= 4 is 29.2 Å². The highest BCUT2D eigenvalue weighted by Gasteiger charge is 2.29. The summed E-state index contributed by atoms with van der Waals surface area (Å²) in [6.45, 7) is 5.27. The van der Waals surface area contributed by atoms with Crippen LogP contribution in [-0.4, -0.2) is 28.3 Å². The first-order valence-electron chi connectivity index (χ1n) is 11.3. The minimum Gasteiger partial charge on any atom is -0.493 e. The van der Waals surface area contributed by atoms with Gasteiger partial charge in [-0.3, -0.25) is 0 Å². The quantitative estimate of drug-likeness (QED) is 0.243. The van der Waals surface area contributed by atoms with Crippen LogP contribution in [0.2, 0.25) is 10.0 Å². The van der Waals surface area contributed by atoms with Gasteiger partial charge in [-0.2, -0.15) is 0 Å². The van der Waals surface area contributed by atoms with Gasteiger partial charge in [-0.25, -0.2) is 9.78 Å². The summed E-state index contributed by atoms with van der Waals surface area (Å²) in [7, 11) is 0. The summed E-state index contributed by atoms with van der Waals surface area (Å²) in [5.74, 6) is 1.32. The lowest BCUT2D eigenvalue weighted by molar-refractivity contribution is -0.152. The summed E-state index contributed by atoms with van der Waals surface area (Å²) >= 11 is 12.7. The first-order valence-corrected chi connectivity index (χ1v) is 12.1. The fourth-order valence-electron chi connectivity index (χ4n) is 3.54. The van der Waals surface area contributed by atoms with Crippen LogP contribution in [-0.2, 0) is 11.2 Å². The zero-order valence-electron chi connectivity index (χ0n) is 20.0. The summed E-state index contributed by atoms with van der Waals surface area (Å²) < 4.78 is 17.2. The van der Waals surface area contributed by atoms with Gasteiger partial charge in [0, 0.05) is 27.6 Å². The third kappa shape index (κ3) is 5.83. The fraction of sp³-hybridized carbons (Fsp3) is 0.214. The molecule has 1 aromatic heterocycles. The standard InChI is InChI=1S/C28H25Cl2NO5/c1-17-24(15-16-34-20-11-13-21(14-12-20)36-28(2,3)27(32)33)31-26(35-17)19-9-7-18(8-10-19)25-22(29)5-4-6-23(25)30/h4-14H,15-16H2,1-3H3,(H,32,33). The van der Waals surface area contributed by atoms with Crippen molar-refractivity contribution in [1.82, 2.24) is 4.98 Å². The molecule has 1 heterocycles. The number of halogens is 2. The number of hydrogen-bond donors (Lipinski definition) is 1. The van der Waals surface area contributed by atoms with Gasteiger partial charge >= 0.3 is 5.97 Å². The Kier molecular flexibility index (Phi) is 7.57. The Morgan fingerprint density at radius 2 is 1.53 bits per heavy atom. The second-order valence-corrected chi connectivity index (χ2v) is 9.50. The van der Waals surface area contributed by atoms with Crippen molar-refractivity contribution in [1.29, 1.82) is 0 Å². The predicted octanol–water partition coefficient (Wildman–Crippen LogP) is 7.49. The van der Waals surface area contributed by atoms with Crippen LogP contribution in [0.3, 0.4) is 0 Å². The number of hydrogen-bond acceptors (Lipinski definition) is 5. The van der Waals surface area contributed by atoms with Crippen molar-refractivity contribution in [3.05, 3.63) is 88.2 Å². The topological polar surface area (TPSA) is 81.8 Å². The number of ether oxygens (including phenoxy) is 2. The largest absolute Gasteiger partial charge is 0.493 e. The SMILES string of the molecule is Cc1oc(-c2ccc(-c3c(Cl)cccc3Cl)cc2)nc1CCOc1ccc(OC(C)(C)C(=O)O)cc1. The van der Waals surface area contributed by atoms with Gasteiger partial charge in [-0.15, -0.1) is 0 Å². The third-order valence-electron chi connectivity index (χ3n) is 5.60. The average molecular weight is 526 g/mol. The average Bonchev–Trinajstić information content (AvgIpc) is 3.20. The van der Waals surface area contributed by atoms with E-state index < -0.39 is 11.6 Å². The molecule has 0 bridgehead atoms. The summed E-state index contributed by atoms with van der Waals surface area (Å²) in [4.78, 5) is 15.9. The van der Waals surface area contributed by atoms with E-state index in [4.69, 9.17) is 37.1 Å². The molecule has 4 aromatic rings. The number of carbonyl (C=O) groups is 1. The van der Waals surface area contributed by atoms with Crippen LogP contribution in [0.1, 0.15) is 25.3 Å². The normalized spacial score (nSPS) is 11.4.